The SMILES string of the molecule is Fc1ccc(Cl)cc1COc1ccccc1CBr. The third-order valence-electron chi connectivity index (χ3n) is 2.51. The summed E-state index contributed by atoms with van der Waals surface area (Å²) in [5.41, 5.74) is 1.48. The maximum Gasteiger partial charge on any atom is 0.129 e. The van der Waals surface area contributed by atoms with Gasteiger partial charge in [0.1, 0.15) is 18.2 Å². The fourth-order valence-electron chi connectivity index (χ4n) is 1.56. The van der Waals surface area contributed by atoms with Gasteiger partial charge in [-0.05, 0) is 24.3 Å². The van der Waals surface area contributed by atoms with Crippen molar-refractivity contribution in [2.75, 3.05) is 0 Å². The molecule has 0 saturated heterocycles. The second-order valence-electron chi connectivity index (χ2n) is 3.77. The molecule has 18 heavy (non-hydrogen) atoms. The van der Waals surface area contributed by atoms with Crippen LogP contribution in [0.4, 0.5) is 4.39 Å². The van der Waals surface area contributed by atoms with Crippen molar-refractivity contribution in [1.29, 1.82) is 0 Å². The number of benzene rings is 2. The summed E-state index contributed by atoms with van der Waals surface area (Å²) in [4.78, 5) is 0. The van der Waals surface area contributed by atoms with Crippen LogP contribution in [0.2, 0.25) is 5.02 Å². The number of hydrogen-bond acceptors (Lipinski definition) is 1. The number of halogens is 3. The number of hydrogen-bond donors (Lipinski definition) is 0. The van der Waals surface area contributed by atoms with Crippen molar-refractivity contribution in [3.8, 4) is 5.75 Å². The van der Waals surface area contributed by atoms with Crippen LogP contribution in [0.1, 0.15) is 11.1 Å². The Morgan fingerprint density at radius 2 is 1.89 bits per heavy atom. The van der Waals surface area contributed by atoms with Crippen LogP contribution in [0.5, 0.6) is 5.75 Å². The quantitative estimate of drug-likeness (QED) is 0.721. The molecule has 0 radical (unpaired) electrons. The maximum absolute atomic E-state index is 13.5. The van der Waals surface area contributed by atoms with E-state index in [4.69, 9.17) is 16.3 Å². The van der Waals surface area contributed by atoms with Gasteiger partial charge >= 0.3 is 0 Å². The molecule has 0 heterocycles. The van der Waals surface area contributed by atoms with Crippen LogP contribution in [0.3, 0.4) is 0 Å². The second-order valence-corrected chi connectivity index (χ2v) is 4.76. The molecule has 0 aliphatic heterocycles. The molecule has 0 fully saturated rings. The summed E-state index contributed by atoms with van der Waals surface area (Å²) >= 11 is 9.21. The van der Waals surface area contributed by atoms with Crippen LogP contribution in [0.25, 0.3) is 0 Å². The standard InChI is InChI=1S/C14H11BrClFO/c15-8-10-3-1-2-4-14(10)18-9-11-7-12(16)5-6-13(11)17/h1-7H,8-9H2. The molecule has 0 aromatic heterocycles. The third-order valence-corrected chi connectivity index (χ3v) is 3.35. The molecule has 94 valence electrons. The molecule has 0 unspecified atom stereocenters. The van der Waals surface area contributed by atoms with E-state index in [-0.39, 0.29) is 12.4 Å². The average Bonchev–Trinajstić information content (AvgIpc) is 2.40. The van der Waals surface area contributed by atoms with Gasteiger partial charge in [0.25, 0.3) is 0 Å². The normalized spacial score (nSPS) is 10.4. The molecule has 2 aromatic rings. The van der Waals surface area contributed by atoms with Gasteiger partial charge in [0.2, 0.25) is 0 Å². The van der Waals surface area contributed by atoms with Crippen LogP contribution in [0, 0.1) is 5.82 Å². The lowest BCUT2D eigenvalue weighted by Crippen LogP contribution is -2.00. The Kier molecular flexibility index (Phi) is 4.61. The van der Waals surface area contributed by atoms with Crippen LogP contribution in [-0.2, 0) is 11.9 Å². The first-order valence-electron chi connectivity index (χ1n) is 5.41. The average molecular weight is 330 g/mol. The highest BCUT2D eigenvalue weighted by Crippen LogP contribution is 2.23. The molecule has 0 N–H and O–H groups in total. The molecule has 0 atom stereocenters. The fourth-order valence-corrected chi connectivity index (χ4v) is 2.22. The summed E-state index contributed by atoms with van der Waals surface area (Å²) in [5, 5.41) is 1.20. The summed E-state index contributed by atoms with van der Waals surface area (Å²) < 4.78 is 19.1. The van der Waals surface area contributed by atoms with E-state index in [2.05, 4.69) is 15.9 Å². The van der Waals surface area contributed by atoms with Crippen molar-refractivity contribution >= 4 is 27.5 Å². The lowest BCUT2D eigenvalue weighted by molar-refractivity contribution is 0.297. The van der Waals surface area contributed by atoms with Crippen molar-refractivity contribution in [2.45, 2.75) is 11.9 Å². The fraction of sp³-hybridized carbons (Fsp3) is 0.143. The zero-order valence-electron chi connectivity index (χ0n) is 9.50. The van der Waals surface area contributed by atoms with E-state index >= 15 is 0 Å². The van der Waals surface area contributed by atoms with Crippen LogP contribution < -0.4 is 4.74 Å². The molecular formula is C14H11BrClFO. The van der Waals surface area contributed by atoms with Gasteiger partial charge in [-0.2, -0.15) is 0 Å². The lowest BCUT2D eigenvalue weighted by atomic mass is 10.2. The summed E-state index contributed by atoms with van der Waals surface area (Å²) in [7, 11) is 0. The topological polar surface area (TPSA) is 9.23 Å². The molecule has 0 aliphatic carbocycles. The van der Waals surface area contributed by atoms with Gasteiger partial charge in [0.15, 0.2) is 0 Å². The first kappa shape index (κ1) is 13.4. The number of rotatable bonds is 4. The van der Waals surface area contributed by atoms with Crippen molar-refractivity contribution in [2.24, 2.45) is 0 Å². The van der Waals surface area contributed by atoms with E-state index in [9.17, 15) is 4.39 Å². The summed E-state index contributed by atoms with van der Waals surface area (Å²) in [5.74, 6) is 0.435. The monoisotopic (exact) mass is 328 g/mol. The summed E-state index contributed by atoms with van der Waals surface area (Å²) in [6.07, 6.45) is 0. The Morgan fingerprint density at radius 3 is 2.67 bits per heavy atom. The molecule has 2 aromatic carbocycles. The highest BCUT2D eigenvalue weighted by molar-refractivity contribution is 9.08. The van der Waals surface area contributed by atoms with Crippen LogP contribution in [-0.4, -0.2) is 0 Å². The van der Waals surface area contributed by atoms with Gasteiger partial charge in [0, 0.05) is 21.5 Å². The predicted octanol–water partition coefficient (Wildman–Crippen LogP) is 4.95. The van der Waals surface area contributed by atoms with Crippen molar-refractivity contribution in [3.63, 3.8) is 0 Å². The third kappa shape index (κ3) is 3.24. The van der Waals surface area contributed by atoms with Crippen molar-refractivity contribution in [1.82, 2.24) is 0 Å². The summed E-state index contributed by atoms with van der Waals surface area (Å²) in [6.45, 7) is 0.163. The molecule has 0 amide bonds. The second kappa shape index (κ2) is 6.21. The molecule has 2 rings (SSSR count). The van der Waals surface area contributed by atoms with Gasteiger partial charge in [-0.15, -0.1) is 0 Å². The van der Waals surface area contributed by atoms with Crippen molar-refractivity contribution < 1.29 is 9.13 Å². The van der Waals surface area contributed by atoms with Crippen LogP contribution in [0.15, 0.2) is 42.5 Å². The van der Waals surface area contributed by atoms with Gasteiger partial charge in [-0.3, -0.25) is 0 Å². The maximum atomic E-state index is 13.5. The molecule has 4 heteroatoms. The first-order chi connectivity index (χ1) is 8.70. The minimum Gasteiger partial charge on any atom is -0.488 e. The van der Waals surface area contributed by atoms with Crippen molar-refractivity contribution in [3.05, 3.63) is 64.4 Å². The number of ether oxygens (including phenoxy) is 1. The minimum atomic E-state index is -0.310. The molecular weight excluding hydrogens is 319 g/mol. The molecule has 0 bridgehead atoms. The van der Waals surface area contributed by atoms with E-state index in [0.717, 1.165) is 11.3 Å². The van der Waals surface area contributed by atoms with E-state index in [1.807, 2.05) is 24.3 Å². The zero-order valence-corrected chi connectivity index (χ0v) is 11.8. The van der Waals surface area contributed by atoms with Crippen LogP contribution >= 0.6 is 27.5 Å². The lowest BCUT2D eigenvalue weighted by Gasteiger charge is -2.10. The Balaban J connectivity index is 2.14. The molecule has 0 spiro atoms. The molecule has 0 aliphatic rings. The van der Waals surface area contributed by atoms with E-state index in [1.165, 1.54) is 12.1 Å². The Bertz CT molecular complexity index is 545. The highest BCUT2D eigenvalue weighted by Gasteiger charge is 2.06. The van der Waals surface area contributed by atoms with Gasteiger partial charge < -0.3 is 4.74 Å². The van der Waals surface area contributed by atoms with Gasteiger partial charge in [0.05, 0.1) is 0 Å². The van der Waals surface area contributed by atoms with Gasteiger partial charge in [-0.1, -0.05) is 45.7 Å². The van der Waals surface area contributed by atoms with E-state index < -0.39 is 0 Å². The Morgan fingerprint density at radius 1 is 1.11 bits per heavy atom. The smallest absolute Gasteiger partial charge is 0.129 e. The highest BCUT2D eigenvalue weighted by atomic mass is 79.9. The molecule has 1 nitrogen and oxygen atoms in total. The largest absolute Gasteiger partial charge is 0.488 e. The number of alkyl halides is 1. The predicted molar refractivity (Wildman–Crippen MR) is 74.8 cm³/mol. The first-order valence-corrected chi connectivity index (χ1v) is 6.91. The molecule has 0 saturated carbocycles. The van der Waals surface area contributed by atoms with E-state index in [0.29, 0.717) is 15.9 Å². The summed E-state index contributed by atoms with van der Waals surface area (Å²) in [6, 6.07) is 12.1. The number of para-hydroxylation sites is 1. The Labute approximate surface area is 119 Å². The van der Waals surface area contributed by atoms with Gasteiger partial charge in [-0.25, -0.2) is 4.39 Å². The Hall–Kier alpha value is -1.06. The van der Waals surface area contributed by atoms with E-state index in [1.54, 1.807) is 6.07 Å². The minimum absolute atomic E-state index is 0.163. The zero-order chi connectivity index (χ0) is 13.0.